The lowest BCUT2D eigenvalue weighted by Gasteiger charge is -1.99. The summed E-state index contributed by atoms with van der Waals surface area (Å²) >= 11 is 0. The van der Waals surface area contributed by atoms with Crippen molar-refractivity contribution < 1.29 is 4.39 Å². The first-order valence-corrected chi connectivity index (χ1v) is 9.00. The summed E-state index contributed by atoms with van der Waals surface area (Å²) in [5, 5.41) is 15.8. The molecular formula is C19H12FN11. The van der Waals surface area contributed by atoms with Gasteiger partial charge in [-0.15, -0.1) is 10.2 Å². The number of hydrogen-bond donors (Lipinski definition) is 0. The number of halogens is 1. The molecule has 0 spiro atoms. The second-order valence-electron chi connectivity index (χ2n) is 6.11. The van der Waals surface area contributed by atoms with Crippen LogP contribution in [0.15, 0.2) is 73.7 Å². The second-order valence-corrected chi connectivity index (χ2v) is 6.11. The molecule has 0 N–H and O–H groups in total. The smallest absolute Gasteiger partial charge is 0.252 e. The van der Waals surface area contributed by atoms with E-state index in [-0.39, 0.29) is 5.82 Å². The van der Waals surface area contributed by atoms with Crippen LogP contribution in [0.3, 0.4) is 0 Å². The maximum atomic E-state index is 12.7. The van der Waals surface area contributed by atoms with Crippen molar-refractivity contribution >= 4 is 22.1 Å². The quantitative estimate of drug-likeness (QED) is 0.418. The van der Waals surface area contributed by atoms with Crippen LogP contribution >= 0.6 is 0 Å². The Kier molecular flexibility index (Phi) is 4.69. The highest BCUT2D eigenvalue weighted by Gasteiger charge is 2.07. The maximum absolute atomic E-state index is 12.7. The zero-order valence-electron chi connectivity index (χ0n) is 15.7. The number of fused-ring (bicyclic) bond motifs is 2. The first kappa shape index (κ1) is 18.3. The maximum Gasteiger partial charge on any atom is 0.252 e. The van der Waals surface area contributed by atoms with E-state index in [1.807, 2.05) is 6.07 Å². The number of nitrogens with zero attached hydrogens (tertiary/aromatic N) is 11. The van der Waals surface area contributed by atoms with Gasteiger partial charge in [-0.3, -0.25) is 9.97 Å². The molecule has 0 unspecified atom stereocenters. The highest BCUT2D eigenvalue weighted by molar-refractivity contribution is 5.74. The molecular weight excluding hydrogens is 401 g/mol. The largest absolute Gasteiger partial charge is 0.262 e. The molecule has 0 fully saturated rings. The Morgan fingerprint density at radius 2 is 1.29 bits per heavy atom. The molecule has 0 atom stereocenters. The molecule has 6 aromatic heterocycles. The van der Waals surface area contributed by atoms with E-state index in [1.165, 1.54) is 10.7 Å². The standard InChI is InChI=1S/C10H6FN5.C9H6N6/c11-7-1-2-10(13-5-7)16-9-3-4-12-6-8(9)14-15-16;1-3-11-9(12-4-1)15-8-2-5-10-6-7(8)13-14-15/h1-6H;1-6H. The van der Waals surface area contributed by atoms with Gasteiger partial charge in [0.05, 0.1) is 24.1 Å². The van der Waals surface area contributed by atoms with Crippen LogP contribution in [0.1, 0.15) is 0 Å². The van der Waals surface area contributed by atoms with E-state index in [1.54, 1.807) is 60.1 Å². The third-order valence-corrected chi connectivity index (χ3v) is 4.17. The molecule has 0 aliphatic heterocycles. The molecule has 12 heteroatoms. The number of pyridine rings is 3. The summed E-state index contributed by atoms with van der Waals surface area (Å²) in [6.45, 7) is 0. The van der Waals surface area contributed by atoms with Crippen molar-refractivity contribution in [2.75, 3.05) is 0 Å². The van der Waals surface area contributed by atoms with Crippen molar-refractivity contribution in [1.29, 1.82) is 0 Å². The summed E-state index contributed by atoms with van der Waals surface area (Å²) < 4.78 is 15.8. The molecule has 0 saturated heterocycles. The molecule has 0 aliphatic rings. The fourth-order valence-corrected chi connectivity index (χ4v) is 2.76. The number of hydrogen-bond acceptors (Lipinski definition) is 9. The Bertz CT molecular complexity index is 1440. The third-order valence-electron chi connectivity index (χ3n) is 4.17. The van der Waals surface area contributed by atoms with Gasteiger partial charge in [-0.2, -0.15) is 9.36 Å². The van der Waals surface area contributed by atoms with Crippen LogP contribution in [0.5, 0.6) is 0 Å². The number of aromatic nitrogens is 11. The molecule has 0 bridgehead atoms. The van der Waals surface area contributed by atoms with Gasteiger partial charge in [-0.05, 0) is 30.3 Å². The van der Waals surface area contributed by atoms with E-state index in [0.29, 0.717) is 17.3 Å². The van der Waals surface area contributed by atoms with E-state index in [2.05, 4.69) is 45.5 Å². The van der Waals surface area contributed by atoms with Crippen molar-refractivity contribution in [3.05, 3.63) is 79.5 Å². The van der Waals surface area contributed by atoms with Crippen LogP contribution in [0.2, 0.25) is 0 Å². The van der Waals surface area contributed by atoms with E-state index in [9.17, 15) is 4.39 Å². The summed E-state index contributed by atoms with van der Waals surface area (Å²) in [5.41, 5.74) is 3.03. The normalized spacial score (nSPS) is 10.7. The highest BCUT2D eigenvalue weighted by atomic mass is 19.1. The lowest BCUT2D eigenvalue weighted by Crippen LogP contribution is -2.01. The van der Waals surface area contributed by atoms with Crippen LogP contribution < -0.4 is 0 Å². The minimum Gasteiger partial charge on any atom is -0.262 e. The third kappa shape index (κ3) is 3.64. The van der Waals surface area contributed by atoms with Crippen LogP contribution in [-0.4, -0.2) is 54.9 Å². The number of rotatable bonds is 2. The molecule has 0 amide bonds. The second kappa shape index (κ2) is 7.94. The lowest BCUT2D eigenvalue weighted by molar-refractivity contribution is 0.619. The fourth-order valence-electron chi connectivity index (χ4n) is 2.76. The highest BCUT2D eigenvalue weighted by Crippen LogP contribution is 2.13. The molecule has 6 aromatic rings. The first-order chi connectivity index (χ1) is 15.3. The van der Waals surface area contributed by atoms with Crippen molar-refractivity contribution in [2.45, 2.75) is 0 Å². The molecule has 0 aromatic carbocycles. The summed E-state index contributed by atoms with van der Waals surface area (Å²) in [6, 6.07) is 8.23. The molecule has 6 heterocycles. The van der Waals surface area contributed by atoms with Gasteiger partial charge in [0.25, 0.3) is 5.95 Å². The van der Waals surface area contributed by atoms with Gasteiger partial charge in [0.2, 0.25) is 0 Å². The lowest BCUT2D eigenvalue weighted by atomic mass is 10.4. The van der Waals surface area contributed by atoms with Gasteiger partial charge in [0.15, 0.2) is 5.82 Å². The summed E-state index contributed by atoms with van der Waals surface area (Å²) in [5.74, 6) is 0.649. The zero-order valence-corrected chi connectivity index (χ0v) is 15.7. The molecule has 11 nitrogen and oxygen atoms in total. The Morgan fingerprint density at radius 1 is 0.645 bits per heavy atom. The Hall–Kier alpha value is -4.74. The van der Waals surface area contributed by atoms with Gasteiger partial charge < -0.3 is 0 Å². The summed E-state index contributed by atoms with van der Waals surface area (Å²) in [7, 11) is 0. The van der Waals surface area contributed by atoms with Crippen LogP contribution in [-0.2, 0) is 0 Å². The fraction of sp³-hybridized carbons (Fsp3) is 0. The van der Waals surface area contributed by atoms with E-state index in [4.69, 9.17) is 0 Å². The minimum atomic E-state index is -0.380. The van der Waals surface area contributed by atoms with Crippen molar-refractivity contribution in [3.63, 3.8) is 0 Å². The average Bonchev–Trinajstić information content (AvgIpc) is 3.45. The van der Waals surface area contributed by atoms with Gasteiger partial charge in [0.1, 0.15) is 22.4 Å². The SMILES string of the molecule is Fc1ccc(-n2nnc3cnccc32)nc1.c1cnc(-n2nnc3cnccc32)nc1. The van der Waals surface area contributed by atoms with Crippen molar-refractivity contribution in [1.82, 2.24) is 54.9 Å². The Labute approximate surface area is 173 Å². The minimum absolute atomic E-state index is 0.380. The van der Waals surface area contributed by atoms with Gasteiger partial charge in [0, 0.05) is 24.8 Å². The van der Waals surface area contributed by atoms with Crippen molar-refractivity contribution in [3.8, 4) is 11.8 Å². The predicted octanol–water partition coefficient (Wildman–Crippen LogP) is 1.96. The van der Waals surface area contributed by atoms with Gasteiger partial charge in [-0.1, -0.05) is 10.4 Å². The zero-order chi connectivity index (χ0) is 21.0. The summed E-state index contributed by atoms with van der Waals surface area (Å²) in [4.78, 5) is 20.0. The first-order valence-electron chi connectivity index (χ1n) is 9.00. The summed E-state index contributed by atoms with van der Waals surface area (Å²) in [6.07, 6.45) is 11.1. The van der Waals surface area contributed by atoms with E-state index < -0.39 is 0 Å². The van der Waals surface area contributed by atoms with Crippen LogP contribution in [0, 0.1) is 5.82 Å². The topological polar surface area (TPSA) is 126 Å². The monoisotopic (exact) mass is 413 g/mol. The van der Waals surface area contributed by atoms with Gasteiger partial charge in [-0.25, -0.2) is 19.3 Å². The Morgan fingerprint density at radius 3 is 1.94 bits per heavy atom. The molecule has 6 rings (SSSR count). The van der Waals surface area contributed by atoms with Crippen molar-refractivity contribution in [2.24, 2.45) is 0 Å². The average molecular weight is 413 g/mol. The molecule has 150 valence electrons. The van der Waals surface area contributed by atoms with Crippen LogP contribution in [0.25, 0.3) is 33.8 Å². The molecule has 0 radical (unpaired) electrons. The van der Waals surface area contributed by atoms with E-state index in [0.717, 1.165) is 22.7 Å². The van der Waals surface area contributed by atoms with Gasteiger partial charge >= 0.3 is 0 Å². The van der Waals surface area contributed by atoms with E-state index >= 15 is 0 Å². The predicted molar refractivity (Wildman–Crippen MR) is 107 cm³/mol. The van der Waals surface area contributed by atoms with Crippen LogP contribution in [0.4, 0.5) is 4.39 Å². The molecule has 31 heavy (non-hydrogen) atoms. The molecule has 0 aliphatic carbocycles. The molecule has 0 saturated carbocycles. The Balaban J connectivity index is 0.000000132.